The zero-order chi connectivity index (χ0) is 10.2. The molecular formula is C11H14FNO. The van der Waals surface area contributed by atoms with Crippen molar-refractivity contribution in [2.45, 2.75) is 25.7 Å². The zero-order valence-corrected chi connectivity index (χ0v) is 8.38. The minimum Gasteiger partial charge on any atom is -0.352 e. The SMILES string of the molecule is CC1CNC(C)(c2ccccc2F)O1. The summed E-state index contributed by atoms with van der Waals surface area (Å²) in [6.45, 7) is 4.58. The first-order valence-corrected chi connectivity index (χ1v) is 4.80. The number of benzene rings is 1. The van der Waals surface area contributed by atoms with E-state index in [4.69, 9.17) is 4.74 Å². The van der Waals surface area contributed by atoms with Crippen LogP contribution in [0.15, 0.2) is 24.3 Å². The standard InChI is InChI=1S/C11H14FNO/c1-8-7-13-11(2,14-8)9-5-3-4-6-10(9)12/h3-6,8,13H,7H2,1-2H3. The van der Waals surface area contributed by atoms with E-state index < -0.39 is 5.72 Å². The molecular weight excluding hydrogens is 181 g/mol. The Labute approximate surface area is 83.1 Å². The van der Waals surface area contributed by atoms with E-state index >= 15 is 0 Å². The smallest absolute Gasteiger partial charge is 0.145 e. The number of halogens is 1. The molecule has 2 atom stereocenters. The second-order valence-electron chi connectivity index (χ2n) is 3.82. The lowest BCUT2D eigenvalue weighted by Crippen LogP contribution is -2.35. The van der Waals surface area contributed by atoms with Crippen LogP contribution in [0, 0.1) is 5.82 Å². The van der Waals surface area contributed by atoms with Crippen LogP contribution in [0.4, 0.5) is 4.39 Å². The number of nitrogens with one attached hydrogen (secondary N) is 1. The van der Waals surface area contributed by atoms with Gasteiger partial charge in [-0.3, -0.25) is 5.32 Å². The number of rotatable bonds is 1. The quantitative estimate of drug-likeness (QED) is 0.740. The van der Waals surface area contributed by atoms with Crippen LogP contribution in [0.2, 0.25) is 0 Å². The molecule has 1 fully saturated rings. The van der Waals surface area contributed by atoms with Gasteiger partial charge in [-0.25, -0.2) is 4.39 Å². The largest absolute Gasteiger partial charge is 0.352 e. The second kappa shape index (κ2) is 3.33. The minimum atomic E-state index is -0.676. The molecule has 0 aliphatic carbocycles. The third-order valence-corrected chi connectivity index (χ3v) is 2.55. The van der Waals surface area contributed by atoms with E-state index in [0.717, 1.165) is 6.54 Å². The first-order chi connectivity index (χ1) is 6.62. The first-order valence-electron chi connectivity index (χ1n) is 4.80. The summed E-state index contributed by atoms with van der Waals surface area (Å²) in [4.78, 5) is 0. The minimum absolute atomic E-state index is 0.125. The Morgan fingerprint density at radius 1 is 1.50 bits per heavy atom. The summed E-state index contributed by atoms with van der Waals surface area (Å²) in [6, 6.07) is 6.70. The highest BCUT2D eigenvalue weighted by molar-refractivity contribution is 5.24. The van der Waals surface area contributed by atoms with E-state index in [-0.39, 0.29) is 11.9 Å². The van der Waals surface area contributed by atoms with E-state index in [9.17, 15) is 4.39 Å². The Hall–Kier alpha value is -0.930. The second-order valence-corrected chi connectivity index (χ2v) is 3.82. The van der Waals surface area contributed by atoms with Crippen molar-refractivity contribution in [1.29, 1.82) is 0 Å². The Morgan fingerprint density at radius 3 is 2.79 bits per heavy atom. The van der Waals surface area contributed by atoms with Gasteiger partial charge in [-0.05, 0) is 19.9 Å². The van der Waals surface area contributed by atoms with Gasteiger partial charge in [0.2, 0.25) is 0 Å². The van der Waals surface area contributed by atoms with Gasteiger partial charge in [-0.1, -0.05) is 18.2 Å². The normalized spacial score (nSPS) is 32.1. The summed E-state index contributed by atoms with van der Waals surface area (Å²) >= 11 is 0. The molecule has 0 saturated carbocycles. The molecule has 1 aliphatic heterocycles. The summed E-state index contributed by atoms with van der Waals surface area (Å²) in [5, 5.41) is 3.18. The molecule has 76 valence electrons. The van der Waals surface area contributed by atoms with Gasteiger partial charge in [0.1, 0.15) is 11.5 Å². The maximum atomic E-state index is 13.5. The van der Waals surface area contributed by atoms with Gasteiger partial charge >= 0.3 is 0 Å². The predicted octanol–water partition coefficient (Wildman–Crippen LogP) is 2.01. The zero-order valence-electron chi connectivity index (χ0n) is 8.38. The lowest BCUT2D eigenvalue weighted by Gasteiger charge is -2.25. The van der Waals surface area contributed by atoms with Crippen LogP contribution in [-0.4, -0.2) is 12.6 Å². The van der Waals surface area contributed by atoms with Crippen LogP contribution >= 0.6 is 0 Å². The van der Waals surface area contributed by atoms with Crippen LogP contribution in [0.3, 0.4) is 0 Å². The highest BCUT2D eigenvalue weighted by Crippen LogP contribution is 2.29. The molecule has 1 heterocycles. The van der Waals surface area contributed by atoms with Crippen molar-refractivity contribution in [2.24, 2.45) is 0 Å². The monoisotopic (exact) mass is 195 g/mol. The first kappa shape index (κ1) is 9.62. The summed E-state index contributed by atoms with van der Waals surface area (Å²) < 4.78 is 19.2. The van der Waals surface area contributed by atoms with Gasteiger partial charge in [0, 0.05) is 12.1 Å². The van der Waals surface area contributed by atoms with Gasteiger partial charge in [-0.2, -0.15) is 0 Å². The van der Waals surface area contributed by atoms with E-state index in [1.807, 2.05) is 19.9 Å². The molecule has 1 N–H and O–H groups in total. The van der Waals surface area contributed by atoms with Crippen molar-refractivity contribution in [2.75, 3.05) is 6.54 Å². The maximum Gasteiger partial charge on any atom is 0.145 e. The van der Waals surface area contributed by atoms with E-state index in [2.05, 4.69) is 5.32 Å². The Morgan fingerprint density at radius 2 is 2.21 bits per heavy atom. The molecule has 1 aromatic carbocycles. The van der Waals surface area contributed by atoms with Crippen molar-refractivity contribution in [3.8, 4) is 0 Å². The fraction of sp³-hybridized carbons (Fsp3) is 0.455. The Bertz CT molecular complexity index is 342. The van der Waals surface area contributed by atoms with Gasteiger partial charge in [0.15, 0.2) is 0 Å². The average molecular weight is 195 g/mol. The highest BCUT2D eigenvalue weighted by Gasteiger charge is 2.36. The van der Waals surface area contributed by atoms with Crippen LogP contribution in [0.1, 0.15) is 19.4 Å². The molecule has 1 aromatic rings. The van der Waals surface area contributed by atoms with Gasteiger partial charge in [0.25, 0.3) is 0 Å². The molecule has 2 unspecified atom stereocenters. The van der Waals surface area contributed by atoms with Crippen molar-refractivity contribution >= 4 is 0 Å². The van der Waals surface area contributed by atoms with Crippen molar-refractivity contribution in [3.63, 3.8) is 0 Å². The average Bonchev–Trinajstić information content (AvgIpc) is 2.48. The Balaban J connectivity index is 2.35. The molecule has 0 aromatic heterocycles. The molecule has 0 radical (unpaired) electrons. The highest BCUT2D eigenvalue weighted by atomic mass is 19.1. The van der Waals surface area contributed by atoms with Crippen molar-refractivity contribution < 1.29 is 9.13 Å². The number of hydrogen-bond donors (Lipinski definition) is 1. The van der Waals surface area contributed by atoms with Crippen molar-refractivity contribution in [3.05, 3.63) is 35.6 Å². The van der Waals surface area contributed by atoms with E-state index in [1.54, 1.807) is 12.1 Å². The molecule has 1 saturated heterocycles. The topological polar surface area (TPSA) is 21.3 Å². The number of ether oxygens (including phenoxy) is 1. The maximum absolute atomic E-state index is 13.5. The molecule has 0 amide bonds. The third-order valence-electron chi connectivity index (χ3n) is 2.55. The lowest BCUT2D eigenvalue weighted by atomic mass is 10.0. The molecule has 0 bridgehead atoms. The summed E-state index contributed by atoms with van der Waals surface area (Å²) in [5.74, 6) is -0.225. The molecule has 0 spiro atoms. The Kier molecular flexibility index (Phi) is 2.29. The van der Waals surface area contributed by atoms with Crippen LogP contribution in [0.25, 0.3) is 0 Å². The van der Waals surface area contributed by atoms with E-state index in [1.165, 1.54) is 6.07 Å². The summed E-state index contributed by atoms with van der Waals surface area (Å²) in [7, 11) is 0. The predicted molar refractivity (Wildman–Crippen MR) is 52.3 cm³/mol. The molecule has 2 rings (SSSR count). The fourth-order valence-electron chi connectivity index (χ4n) is 1.83. The number of hydrogen-bond acceptors (Lipinski definition) is 2. The molecule has 3 heteroatoms. The summed E-state index contributed by atoms with van der Waals surface area (Å²) in [5.41, 5.74) is -0.102. The third kappa shape index (κ3) is 1.53. The van der Waals surface area contributed by atoms with Crippen LogP contribution in [0.5, 0.6) is 0 Å². The van der Waals surface area contributed by atoms with Gasteiger partial charge in [-0.15, -0.1) is 0 Å². The lowest BCUT2D eigenvalue weighted by molar-refractivity contribution is -0.0365. The molecule has 2 nitrogen and oxygen atoms in total. The van der Waals surface area contributed by atoms with Gasteiger partial charge < -0.3 is 4.74 Å². The van der Waals surface area contributed by atoms with E-state index in [0.29, 0.717) is 5.56 Å². The summed E-state index contributed by atoms with van der Waals surface area (Å²) in [6.07, 6.45) is 0.125. The fourth-order valence-corrected chi connectivity index (χ4v) is 1.83. The van der Waals surface area contributed by atoms with Gasteiger partial charge in [0.05, 0.1) is 6.10 Å². The van der Waals surface area contributed by atoms with Crippen LogP contribution < -0.4 is 5.32 Å². The van der Waals surface area contributed by atoms with Crippen molar-refractivity contribution in [1.82, 2.24) is 5.32 Å². The molecule has 1 aliphatic rings. The molecule has 14 heavy (non-hydrogen) atoms. The van der Waals surface area contributed by atoms with Crippen LogP contribution in [-0.2, 0) is 10.5 Å².